The first-order valence-corrected chi connectivity index (χ1v) is 8.36. The van der Waals surface area contributed by atoms with Crippen LogP contribution in [0.5, 0.6) is 0 Å². The van der Waals surface area contributed by atoms with Crippen LogP contribution in [-0.4, -0.2) is 32.5 Å². The molecule has 0 saturated carbocycles. The number of sulfonamides is 1. The standard InChI is InChI=1S/C11H18N2O4S2/c1-4-6-8(5-2)13-19(15,16)11-9(10(14)17-3)12-7-18-11/h7-8,13H,4-6H2,1-3H3. The van der Waals surface area contributed by atoms with Crippen molar-refractivity contribution in [3.8, 4) is 0 Å². The number of methoxy groups -OCH3 is 1. The monoisotopic (exact) mass is 306 g/mol. The van der Waals surface area contributed by atoms with Gasteiger partial charge in [-0.1, -0.05) is 20.3 Å². The van der Waals surface area contributed by atoms with Crippen molar-refractivity contribution in [2.45, 2.75) is 43.4 Å². The highest BCUT2D eigenvalue weighted by Crippen LogP contribution is 2.21. The second kappa shape index (κ2) is 6.97. The first-order chi connectivity index (χ1) is 8.96. The van der Waals surface area contributed by atoms with Crippen molar-refractivity contribution in [1.82, 2.24) is 9.71 Å². The van der Waals surface area contributed by atoms with Crippen molar-refractivity contribution in [2.75, 3.05) is 7.11 Å². The number of esters is 1. The van der Waals surface area contributed by atoms with E-state index in [2.05, 4.69) is 14.4 Å². The highest BCUT2D eigenvalue weighted by molar-refractivity contribution is 7.91. The van der Waals surface area contributed by atoms with Crippen molar-refractivity contribution in [3.05, 3.63) is 11.2 Å². The molecule has 6 nitrogen and oxygen atoms in total. The molecule has 108 valence electrons. The lowest BCUT2D eigenvalue weighted by Crippen LogP contribution is -2.34. The normalized spacial score (nSPS) is 13.2. The van der Waals surface area contributed by atoms with Gasteiger partial charge in [-0.15, -0.1) is 11.3 Å². The molecular weight excluding hydrogens is 288 g/mol. The van der Waals surface area contributed by atoms with Gasteiger partial charge in [0.1, 0.15) is 0 Å². The van der Waals surface area contributed by atoms with E-state index < -0.39 is 16.0 Å². The lowest BCUT2D eigenvalue weighted by molar-refractivity contribution is 0.0590. The maximum absolute atomic E-state index is 12.2. The second-order valence-electron chi connectivity index (χ2n) is 4.00. The van der Waals surface area contributed by atoms with Gasteiger partial charge >= 0.3 is 5.97 Å². The Hall–Kier alpha value is -0.990. The number of ether oxygens (including phenoxy) is 1. The van der Waals surface area contributed by atoms with Gasteiger partial charge < -0.3 is 4.74 Å². The number of nitrogens with one attached hydrogen (secondary N) is 1. The first-order valence-electron chi connectivity index (χ1n) is 6.00. The Morgan fingerprint density at radius 1 is 1.53 bits per heavy atom. The fourth-order valence-corrected chi connectivity index (χ4v) is 4.13. The molecule has 1 rings (SSSR count). The van der Waals surface area contributed by atoms with Crippen LogP contribution in [0.1, 0.15) is 43.6 Å². The summed E-state index contributed by atoms with van der Waals surface area (Å²) < 4.78 is 31.5. The van der Waals surface area contributed by atoms with E-state index in [0.717, 1.165) is 24.2 Å². The van der Waals surface area contributed by atoms with E-state index in [1.165, 1.54) is 12.6 Å². The first kappa shape index (κ1) is 16.1. The van der Waals surface area contributed by atoms with Gasteiger partial charge in [0, 0.05) is 6.04 Å². The van der Waals surface area contributed by atoms with Crippen molar-refractivity contribution >= 4 is 27.3 Å². The van der Waals surface area contributed by atoms with Crippen LogP contribution in [-0.2, 0) is 14.8 Å². The molecular formula is C11H18N2O4S2. The highest BCUT2D eigenvalue weighted by atomic mass is 32.2. The molecule has 8 heteroatoms. The summed E-state index contributed by atoms with van der Waals surface area (Å²) in [5.41, 5.74) is 1.16. The molecule has 0 radical (unpaired) electrons. The Morgan fingerprint density at radius 2 is 2.21 bits per heavy atom. The summed E-state index contributed by atoms with van der Waals surface area (Å²) in [6, 6.07) is -0.136. The fraction of sp³-hybridized carbons (Fsp3) is 0.636. The van der Waals surface area contributed by atoms with Gasteiger partial charge in [-0.05, 0) is 12.8 Å². The molecule has 0 aliphatic heterocycles. The SMILES string of the molecule is CCCC(CC)NS(=O)(=O)c1scnc1C(=O)OC. The summed E-state index contributed by atoms with van der Waals surface area (Å²) in [4.78, 5) is 15.2. The van der Waals surface area contributed by atoms with Gasteiger partial charge in [-0.2, -0.15) is 0 Å². The van der Waals surface area contributed by atoms with E-state index in [1.54, 1.807) is 0 Å². The molecule has 0 aromatic carbocycles. The molecule has 1 N–H and O–H groups in total. The van der Waals surface area contributed by atoms with Crippen LogP contribution in [0.3, 0.4) is 0 Å². The number of hydrogen-bond acceptors (Lipinski definition) is 6. The summed E-state index contributed by atoms with van der Waals surface area (Å²) in [6.45, 7) is 3.90. The third-order valence-corrected chi connectivity index (χ3v) is 5.50. The zero-order valence-electron chi connectivity index (χ0n) is 11.2. The minimum absolute atomic E-state index is 0.0890. The molecule has 0 aliphatic carbocycles. The minimum atomic E-state index is -3.73. The third-order valence-electron chi connectivity index (χ3n) is 2.61. The predicted octanol–water partition coefficient (Wildman–Crippen LogP) is 1.79. The van der Waals surface area contributed by atoms with Crippen LogP contribution in [0.15, 0.2) is 9.72 Å². The lowest BCUT2D eigenvalue weighted by atomic mass is 10.1. The van der Waals surface area contributed by atoms with E-state index in [1.807, 2.05) is 13.8 Å². The Labute approximate surface area is 117 Å². The molecule has 0 saturated heterocycles. The summed E-state index contributed by atoms with van der Waals surface area (Å²) in [7, 11) is -2.54. The lowest BCUT2D eigenvalue weighted by Gasteiger charge is -2.15. The molecule has 1 aromatic rings. The Bertz CT molecular complexity index is 525. The van der Waals surface area contributed by atoms with Gasteiger partial charge in [0.05, 0.1) is 12.6 Å². The van der Waals surface area contributed by atoms with E-state index in [9.17, 15) is 13.2 Å². The predicted molar refractivity (Wildman–Crippen MR) is 72.8 cm³/mol. The van der Waals surface area contributed by atoms with Gasteiger partial charge in [0.25, 0.3) is 10.0 Å². The number of hydrogen-bond donors (Lipinski definition) is 1. The highest BCUT2D eigenvalue weighted by Gasteiger charge is 2.28. The minimum Gasteiger partial charge on any atom is -0.464 e. The average Bonchev–Trinajstić information content (AvgIpc) is 2.87. The van der Waals surface area contributed by atoms with Crippen molar-refractivity contribution < 1.29 is 17.9 Å². The van der Waals surface area contributed by atoms with Crippen molar-refractivity contribution in [2.24, 2.45) is 0 Å². The number of aromatic nitrogens is 1. The number of nitrogens with zero attached hydrogens (tertiary/aromatic N) is 1. The van der Waals surface area contributed by atoms with E-state index in [-0.39, 0.29) is 15.9 Å². The van der Waals surface area contributed by atoms with Crippen LogP contribution < -0.4 is 4.72 Å². The van der Waals surface area contributed by atoms with Crippen LogP contribution in [0.25, 0.3) is 0 Å². The number of carbonyl (C=O) groups is 1. The molecule has 1 aromatic heterocycles. The molecule has 0 amide bonds. The van der Waals surface area contributed by atoms with Gasteiger partial charge in [-0.3, -0.25) is 0 Å². The average molecular weight is 306 g/mol. The largest absolute Gasteiger partial charge is 0.464 e. The zero-order chi connectivity index (χ0) is 14.5. The Morgan fingerprint density at radius 3 is 2.74 bits per heavy atom. The number of thiazole rings is 1. The smallest absolute Gasteiger partial charge is 0.358 e. The van der Waals surface area contributed by atoms with E-state index in [4.69, 9.17) is 0 Å². The van der Waals surface area contributed by atoms with Crippen molar-refractivity contribution in [1.29, 1.82) is 0 Å². The van der Waals surface area contributed by atoms with Gasteiger partial charge in [0.2, 0.25) is 0 Å². The van der Waals surface area contributed by atoms with Crippen LogP contribution >= 0.6 is 11.3 Å². The summed E-state index contributed by atoms with van der Waals surface area (Å²) in [5, 5.41) is 0. The molecule has 1 atom stereocenters. The molecule has 0 fully saturated rings. The Balaban J connectivity index is 3.00. The number of rotatable bonds is 7. The van der Waals surface area contributed by atoms with Gasteiger partial charge in [0.15, 0.2) is 9.90 Å². The van der Waals surface area contributed by atoms with Crippen LogP contribution in [0.2, 0.25) is 0 Å². The van der Waals surface area contributed by atoms with E-state index >= 15 is 0 Å². The zero-order valence-corrected chi connectivity index (χ0v) is 12.8. The fourth-order valence-electron chi connectivity index (χ4n) is 1.63. The summed E-state index contributed by atoms with van der Waals surface area (Å²) >= 11 is 0.908. The molecule has 0 spiro atoms. The molecule has 1 heterocycles. The van der Waals surface area contributed by atoms with Crippen LogP contribution in [0, 0.1) is 0 Å². The van der Waals surface area contributed by atoms with E-state index in [0.29, 0.717) is 6.42 Å². The summed E-state index contributed by atoms with van der Waals surface area (Å²) in [6.07, 6.45) is 2.33. The molecule has 19 heavy (non-hydrogen) atoms. The quantitative estimate of drug-likeness (QED) is 0.776. The topological polar surface area (TPSA) is 85.4 Å². The molecule has 0 bridgehead atoms. The summed E-state index contributed by atoms with van der Waals surface area (Å²) in [5.74, 6) is -0.745. The molecule has 0 aliphatic rings. The van der Waals surface area contributed by atoms with Crippen molar-refractivity contribution in [3.63, 3.8) is 0 Å². The third kappa shape index (κ3) is 3.99. The van der Waals surface area contributed by atoms with Crippen LogP contribution in [0.4, 0.5) is 0 Å². The number of carbonyl (C=O) groups excluding carboxylic acids is 1. The maximum atomic E-state index is 12.2. The maximum Gasteiger partial charge on any atom is 0.358 e. The Kier molecular flexibility index (Phi) is 5.89. The second-order valence-corrected chi connectivity index (χ2v) is 6.76. The van der Waals surface area contributed by atoms with Gasteiger partial charge in [-0.25, -0.2) is 22.9 Å². The molecule has 1 unspecified atom stereocenters.